The standard InChI is InChI=1S/C16H23NO2S/c18-20(19,14-13-15-9-5-4-6-10-15)17-16-11-7-2-1-3-8-12-16/h4-6,9-10,13-14,16-17H,1-3,7-8,11-12H2. The second-order valence-electron chi connectivity index (χ2n) is 5.42. The molecule has 0 saturated heterocycles. The first-order valence-corrected chi connectivity index (χ1v) is 8.96. The Bertz CT molecular complexity index is 515. The summed E-state index contributed by atoms with van der Waals surface area (Å²) in [5, 5.41) is 1.28. The molecule has 0 aromatic heterocycles. The Morgan fingerprint density at radius 3 is 2.20 bits per heavy atom. The second kappa shape index (κ2) is 7.60. The highest BCUT2D eigenvalue weighted by Crippen LogP contribution is 2.18. The molecule has 20 heavy (non-hydrogen) atoms. The predicted octanol–water partition coefficient (Wildman–Crippen LogP) is 3.69. The van der Waals surface area contributed by atoms with Gasteiger partial charge in [0.25, 0.3) is 0 Å². The summed E-state index contributed by atoms with van der Waals surface area (Å²) in [6, 6.07) is 9.59. The molecule has 3 nitrogen and oxygen atoms in total. The summed E-state index contributed by atoms with van der Waals surface area (Å²) in [5.74, 6) is 0. The predicted molar refractivity (Wildman–Crippen MR) is 83.6 cm³/mol. The number of hydrogen-bond donors (Lipinski definition) is 1. The Kier molecular flexibility index (Phi) is 5.80. The van der Waals surface area contributed by atoms with Crippen LogP contribution in [0.2, 0.25) is 0 Å². The maximum Gasteiger partial charge on any atom is 0.233 e. The molecule has 0 spiro atoms. The Hall–Kier alpha value is -1.13. The van der Waals surface area contributed by atoms with Gasteiger partial charge in [-0.25, -0.2) is 13.1 Å². The third-order valence-electron chi connectivity index (χ3n) is 3.68. The first-order chi connectivity index (χ1) is 9.66. The second-order valence-corrected chi connectivity index (χ2v) is 7.02. The Balaban J connectivity index is 1.94. The molecule has 2 rings (SSSR count). The number of rotatable bonds is 4. The quantitative estimate of drug-likeness (QED) is 0.920. The summed E-state index contributed by atoms with van der Waals surface area (Å²) in [7, 11) is -3.34. The van der Waals surface area contributed by atoms with Crippen molar-refractivity contribution < 1.29 is 8.42 Å². The highest BCUT2D eigenvalue weighted by Gasteiger charge is 2.16. The van der Waals surface area contributed by atoms with Gasteiger partial charge in [0.15, 0.2) is 0 Å². The van der Waals surface area contributed by atoms with E-state index >= 15 is 0 Å². The normalized spacial score (nSPS) is 18.8. The third-order valence-corrected chi connectivity index (χ3v) is 4.83. The number of nitrogens with one attached hydrogen (secondary N) is 1. The van der Waals surface area contributed by atoms with Crippen LogP contribution in [-0.4, -0.2) is 14.5 Å². The van der Waals surface area contributed by atoms with E-state index in [4.69, 9.17) is 0 Å². The van der Waals surface area contributed by atoms with Crippen LogP contribution in [0, 0.1) is 0 Å². The van der Waals surface area contributed by atoms with Gasteiger partial charge in [-0.15, -0.1) is 0 Å². The summed E-state index contributed by atoms with van der Waals surface area (Å²) in [6.45, 7) is 0. The zero-order valence-corrected chi connectivity index (χ0v) is 12.6. The summed E-state index contributed by atoms with van der Waals surface area (Å²) in [5.41, 5.74) is 0.899. The van der Waals surface area contributed by atoms with Gasteiger partial charge in [0.1, 0.15) is 0 Å². The smallest absolute Gasteiger partial charge is 0.209 e. The number of benzene rings is 1. The lowest BCUT2D eigenvalue weighted by atomic mass is 9.97. The first kappa shape index (κ1) is 15.3. The molecule has 1 aliphatic carbocycles. The van der Waals surface area contributed by atoms with Crippen molar-refractivity contribution in [2.24, 2.45) is 0 Å². The number of sulfonamides is 1. The van der Waals surface area contributed by atoms with Crippen LogP contribution in [0.3, 0.4) is 0 Å². The maximum atomic E-state index is 12.1. The lowest BCUT2D eigenvalue weighted by Crippen LogP contribution is -2.33. The first-order valence-electron chi connectivity index (χ1n) is 7.41. The molecular weight excluding hydrogens is 270 g/mol. The van der Waals surface area contributed by atoms with E-state index in [1.54, 1.807) is 6.08 Å². The Morgan fingerprint density at radius 2 is 1.55 bits per heavy atom. The molecule has 1 fully saturated rings. The van der Waals surface area contributed by atoms with Crippen molar-refractivity contribution in [2.75, 3.05) is 0 Å². The van der Waals surface area contributed by atoms with Gasteiger partial charge < -0.3 is 0 Å². The van der Waals surface area contributed by atoms with Crippen LogP contribution in [0.25, 0.3) is 6.08 Å². The van der Waals surface area contributed by atoms with E-state index in [0.717, 1.165) is 31.2 Å². The fourth-order valence-electron chi connectivity index (χ4n) is 2.58. The minimum atomic E-state index is -3.34. The fraction of sp³-hybridized carbons (Fsp3) is 0.500. The minimum Gasteiger partial charge on any atom is -0.209 e. The van der Waals surface area contributed by atoms with E-state index in [1.807, 2.05) is 30.3 Å². The molecule has 1 aliphatic rings. The summed E-state index contributed by atoms with van der Waals surface area (Å²) in [6.07, 6.45) is 9.52. The van der Waals surface area contributed by atoms with Crippen LogP contribution in [0.4, 0.5) is 0 Å². The highest BCUT2D eigenvalue weighted by atomic mass is 32.2. The van der Waals surface area contributed by atoms with Gasteiger partial charge >= 0.3 is 0 Å². The molecule has 4 heteroatoms. The third kappa shape index (κ3) is 5.47. The van der Waals surface area contributed by atoms with Gasteiger partial charge in [-0.05, 0) is 24.5 Å². The van der Waals surface area contributed by atoms with E-state index in [2.05, 4.69) is 4.72 Å². The van der Waals surface area contributed by atoms with Gasteiger partial charge in [-0.1, -0.05) is 62.4 Å². The van der Waals surface area contributed by atoms with Gasteiger partial charge in [-0.3, -0.25) is 0 Å². The van der Waals surface area contributed by atoms with Crippen molar-refractivity contribution in [1.82, 2.24) is 4.72 Å². The molecule has 1 N–H and O–H groups in total. The molecular formula is C16H23NO2S. The molecule has 1 aromatic rings. The molecule has 0 atom stereocenters. The van der Waals surface area contributed by atoms with Gasteiger partial charge in [0.2, 0.25) is 10.0 Å². The van der Waals surface area contributed by atoms with Crippen molar-refractivity contribution in [3.8, 4) is 0 Å². The van der Waals surface area contributed by atoms with E-state index in [9.17, 15) is 8.42 Å². The van der Waals surface area contributed by atoms with Crippen molar-refractivity contribution in [1.29, 1.82) is 0 Å². The van der Waals surface area contributed by atoms with E-state index in [-0.39, 0.29) is 6.04 Å². The summed E-state index contributed by atoms with van der Waals surface area (Å²) in [4.78, 5) is 0. The molecule has 0 heterocycles. The van der Waals surface area contributed by atoms with Crippen LogP contribution < -0.4 is 4.72 Å². The van der Waals surface area contributed by atoms with Crippen molar-refractivity contribution in [3.63, 3.8) is 0 Å². The lowest BCUT2D eigenvalue weighted by molar-refractivity contribution is 0.428. The Labute approximate surface area is 122 Å². The highest BCUT2D eigenvalue weighted by molar-refractivity contribution is 7.92. The monoisotopic (exact) mass is 293 g/mol. The lowest BCUT2D eigenvalue weighted by Gasteiger charge is -2.19. The Morgan fingerprint density at radius 1 is 0.950 bits per heavy atom. The fourth-order valence-corrected chi connectivity index (χ4v) is 3.69. The largest absolute Gasteiger partial charge is 0.233 e. The SMILES string of the molecule is O=S(=O)(C=Cc1ccccc1)NC1CCCCCCC1. The summed E-state index contributed by atoms with van der Waals surface area (Å²) < 4.78 is 27.0. The van der Waals surface area contributed by atoms with Gasteiger partial charge in [-0.2, -0.15) is 0 Å². The number of hydrogen-bond acceptors (Lipinski definition) is 2. The molecule has 110 valence electrons. The van der Waals surface area contributed by atoms with Crippen LogP contribution in [0.15, 0.2) is 35.7 Å². The molecule has 0 aliphatic heterocycles. The van der Waals surface area contributed by atoms with Crippen LogP contribution in [0.5, 0.6) is 0 Å². The van der Waals surface area contributed by atoms with Crippen molar-refractivity contribution in [3.05, 3.63) is 41.3 Å². The summed E-state index contributed by atoms with van der Waals surface area (Å²) >= 11 is 0. The van der Waals surface area contributed by atoms with Crippen molar-refractivity contribution in [2.45, 2.75) is 51.0 Å². The molecule has 1 saturated carbocycles. The molecule has 1 aromatic carbocycles. The zero-order chi connectivity index (χ0) is 14.3. The zero-order valence-electron chi connectivity index (χ0n) is 11.8. The minimum absolute atomic E-state index is 0.0979. The van der Waals surface area contributed by atoms with E-state index in [0.29, 0.717) is 0 Å². The molecule has 0 amide bonds. The van der Waals surface area contributed by atoms with Crippen LogP contribution >= 0.6 is 0 Å². The van der Waals surface area contributed by atoms with Gasteiger partial charge in [0, 0.05) is 11.4 Å². The van der Waals surface area contributed by atoms with Crippen molar-refractivity contribution >= 4 is 16.1 Å². The average Bonchev–Trinajstić information content (AvgIpc) is 2.41. The van der Waals surface area contributed by atoms with Crippen LogP contribution in [0.1, 0.15) is 50.5 Å². The van der Waals surface area contributed by atoms with E-state index in [1.165, 1.54) is 24.7 Å². The topological polar surface area (TPSA) is 46.2 Å². The van der Waals surface area contributed by atoms with E-state index < -0.39 is 10.0 Å². The van der Waals surface area contributed by atoms with Gasteiger partial charge in [0.05, 0.1) is 0 Å². The van der Waals surface area contributed by atoms with Crippen LogP contribution in [-0.2, 0) is 10.0 Å². The maximum absolute atomic E-state index is 12.1. The molecule has 0 radical (unpaired) electrons. The average molecular weight is 293 g/mol. The molecule has 0 unspecified atom stereocenters. The molecule has 0 bridgehead atoms.